The molecule has 1 N–H and O–H groups in total. The summed E-state index contributed by atoms with van der Waals surface area (Å²) in [4.78, 5) is 0. The van der Waals surface area contributed by atoms with Gasteiger partial charge in [-0.05, 0) is 43.1 Å². The average molecular weight is 276 g/mol. The third kappa shape index (κ3) is 1.84. The summed E-state index contributed by atoms with van der Waals surface area (Å²) >= 11 is 7.14. The maximum atomic E-state index is 11.7. The summed E-state index contributed by atoms with van der Waals surface area (Å²) < 4.78 is 27.1. The lowest BCUT2D eigenvalue weighted by molar-refractivity contribution is 0.590. The Morgan fingerprint density at radius 1 is 1.38 bits per heavy atom. The van der Waals surface area contributed by atoms with Gasteiger partial charge in [0.25, 0.3) is 0 Å². The second-order valence-corrected chi connectivity index (χ2v) is 6.93. The minimum absolute atomic E-state index is 0.354. The maximum absolute atomic E-state index is 11.7. The van der Waals surface area contributed by atoms with Gasteiger partial charge in [-0.1, -0.05) is 11.6 Å². The number of sulfonamides is 1. The van der Waals surface area contributed by atoms with E-state index in [4.69, 9.17) is 11.6 Å². The Kier molecular flexibility index (Phi) is 2.96. The summed E-state index contributed by atoms with van der Waals surface area (Å²) in [5.74, 6) is 0. The number of thiophene rings is 1. The smallest absolute Gasteiger partial charge is 0.214 e. The van der Waals surface area contributed by atoms with Crippen LogP contribution in [0, 0.1) is 6.92 Å². The summed E-state index contributed by atoms with van der Waals surface area (Å²) in [6.07, 6.45) is 0. The van der Waals surface area contributed by atoms with E-state index >= 15 is 0 Å². The lowest BCUT2D eigenvalue weighted by Gasteiger charge is -1.99. The van der Waals surface area contributed by atoms with Crippen LogP contribution < -0.4 is 4.72 Å². The molecule has 0 saturated carbocycles. The van der Waals surface area contributed by atoms with Crippen molar-refractivity contribution in [2.45, 2.75) is 11.1 Å². The number of nitrogens with one attached hydrogen (secondary N) is 1. The third-order valence-corrected chi connectivity index (χ3v) is 5.91. The van der Waals surface area contributed by atoms with Crippen LogP contribution in [0.5, 0.6) is 0 Å². The van der Waals surface area contributed by atoms with E-state index in [0.29, 0.717) is 9.23 Å². The number of hydrogen-bond donors (Lipinski definition) is 1. The molecule has 0 unspecified atom stereocenters. The predicted molar refractivity (Wildman–Crippen MR) is 67.8 cm³/mol. The van der Waals surface area contributed by atoms with Crippen LogP contribution in [0.4, 0.5) is 0 Å². The van der Waals surface area contributed by atoms with Crippen LogP contribution in [0.3, 0.4) is 0 Å². The van der Waals surface area contributed by atoms with Crippen molar-refractivity contribution >= 4 is 43.0 Å². The molecule has 3 nitrogen and oxygen atoms in total. The first-order valence-corrected chi connectivity index (χ1v) is 7.25. The molecule has 0 radical (unpaired) electrons. The van der Waals surface area contributed by atoms with Gasteiger partial charge < -0.3 is 0 Å². The van der Waals surface area contributed by atoms with Crippen molar-refractivity contribution in [1.82, 2.24) is 4.72 Å². The highest BCUT2D eigenvalue weighted by molar-refractivity contribution is 7.91. The van der Waals surface area contributed by atoms with Crippen molar-refractivity contribution in [3.05, 3.63) is 28.8 Å². The first-order valence-electron chi connectivity index (χ1n) is 4.58. The molecule has 0 bridgehead atoms. The van der Waals surface area contributed by atoms with E-state index < -0.39 is 10.0 Å². The monoisotopic (exact) mass is 275 g/mol. The van der Waals surface area contributed by atoms with Gasteiger partial charge in [0.15, 0.2) is 0 Å². The van der Waals surface area contributed by atoms with Crippen LogP contribution in [0.15, 0.2) is 22.4 Å². The van der Waals surface area contributed by atoms with Gasteiger partial charge in [0.1, 0.15) is 4.21 Å². The van der Waals surface area contributed by atoms with Crippen molar-refractivity contribution in [3.8, 4) is 0 Å². The SMILES string of the molecule is CNS(=O)(=O)c1sc2ccc(Cl)cc2c1C. The van der Waals surface area contributed by atoms with E-state index in [1.54, 1.807) is 19.1 Å². The van der Waals surface area contributed by atoms with Crippen LogP contribution in [0.2, 0.25) is 5.02 Å². The van der Waals surface area contributed by atoms with E-state index in [1.165, 1.54) is 18.4 Å². The van der Waals surface area contributed by atoms with Crippen molar-refractivity contribution < 1.29 is 8.42 Å². The Morgan fingerprint density at radius 3 is 2.69 bits per heavy atom. The highest BCUT2D eigenvalue weighted by Gasteiger charge is 2.19. The van der Waals surface area contributed by atoms with Gasteiger partial charge in [-0.3, -0.25) is 0 Å². The van der Waals surface area contributed by atoms with E-state index in [9.17, 15) is 8.42 Å². The van der Waals surface area contributed by atoms with Crippen LogP contribution in [0.25, 0.3) is 10.1 Å². The Balaban J connectivity index is 2.80. The van der Waals surface area contributed by atoms with E-state index in [1.807, 2.05) is 6.07 Å². The number of fused-ring (bicyclic) bond motifs is 1. The second kappa shape index (κ2) is 4.00. The molecule has 0 aliphatic carbocycles. The largest absolute Gasteiger partial charge is 0.250 e. The lowest BCUT2D eigenvalue weighted by atomic mass is 10.2. The van der Waals surface area contributed by atoms with Gasteiger partial charge in [0.05, 0.1) is 0 Å². The topological polar surface area (TPSA) is 46.2 Å². The number of rotatable bonds is 2. The molecule has 16 heavy (non-hydrogen) atoms. The van der Waals surface area contributed by atoms with Crippen LogP contribution in [0.1, 0.15) is 5.56 Å². The van der Waals surface area contributed by atoms with Gasteiger partial charge in [0, 0.05) is 9.72 Å². The highest BCUT2D eigenvalue weighted by Crippen LogP contribution is 2.35. The lowest BCUT2D eigenvalue weighted by Crippen LogP contribution is -2.18. The predicted octanol–water partition coefficient (Wildman–Crippen LogP) is 2.77. The molecule has 1 heterocycles. The summed E-state index contributed by atoms with van der Waals surface area (Å²) in [7, 11) is -1.97. The number of hydrogen-bond acceptors (Lipinski definition) is 3. The zero-order chi connectivity index (χ0) is 11.9. The van der Waals surface area contributed by atoms with Gasteiger partial charge in [-0.2, -0.15) is 0 Å². The average Bonchev–Trinajstić information content (AvgIpc) is 2.57. The van der Waals surface area contributed by atoms with E-state index in [0.717, 1.165) is 15.6 Å². The van der Waals surface area contributed by atoms with Crippen LogP contribution >= 0.6 is 22.9 Å². The van der Waals surface area contributed by atoms with Gasteiger partial charge >= 0.3 is 0 Å². The third-order valence-electron chi connectivity index (χ3n) is 2.37. The maximum Gasteiger partial charge on any atom is 0.250 e. The van der Waals surface area contributed by atoms with Crippen LogP contribution in [-0.4, -0.2) is 15.5 Å². The Labute approximate surface area is 103 Å². The summed E-state index contributed by atoms with van der Waals surface area (Å²) in [6.45, 7) is 1.79. The molecule has 1 aromatic heterocycles. The quantitative estimate of drug-likeness (QED) is 0.916. The van der Waals surface area contributed by atoms with E-state index in [-0.39, 0.29) is 0 Å². The molecule has 1 aromatic carbocycles. The normalized spacial score (nSPS) is 12.2. The summed E-state index contributed by atoms with van der Waals surface area (Å²) in [6, 6.07) is 5.39. The molecule has 2 aromatic rings. The summed E-state index contributed by atoms with van der Waals surface area (Å²) in [5.41, 5.74) is 0.747. The van der Waals surface area contributed by atoms with E-state index in [2.05, 4.69) is 4.72 Å². The minimum Gasteiger partial charge on any atom is -0.214 e. The molecule has 0 aliphatic heterocycles. The number of aryl methyl sites for hydroxylation is 1. The fourth-order valence-corrected chi connectivity index (χ4v) is 4.27. The Hall–Kier alpha value is -0.620. The minimum atomic E-state index is -3.38. The van der Waals surface area contributed by atoms with Crippen molar-refractivity contribution in [3.63, 3.8) is 0 Å². The Morgan fingerprint density at radius 2 is 2.06 bits per heavy atom. The molecule has 0 aliphatic rings. The molecule has 86 valence electrons. The molecular formula is C10H10ClNO2S2. The summed E-state index contributed by atoms with van der Waals surface area (Å²) in [5, 5.41) is 1.51. The van der Waals surface area contributed by atoms with Gasteiger partial charge in [-0.25, -0.2) is 13.1 Å². The molecule has 0 amide bonds. The molecule has 0 atom stereocenters. The first kappa shape index (κ1) is 11.9. The number of halogens is 1. The van der Waals surface area contributed by atoms with Gasteiger partial charge in [-0.15, -0.1) is 11.3 Å². The molecule has 6 heteroatoms. The second-order valence-electron chi connectivity index (χ2n) is 3.36. The first-order chi connectivity index (χ1) is 7.45. The molecular weight excluding hydrogens is 266 g/mol. The van der Waals surface area contributed by atoms with Crippen molar-refractivity contribution in [2.24, 2.45) is 0 Å². The van der Waals surface area contributed by atoms with Crippen molar-refractivity contribution in [1.29, 1.82) is 0 Å². The fraction of sp³-hybridized carbons (Fsp3) is 0.200. The number of benzene rings is 1. The Bertz CT molecular complexity index is 646. The van der Waals surface area contributed by atoms with Gasteiger partial charge in [0.2, 0.25) is 10.0 Å². The zero-order valence-corrected chi connectivity index (χ0v) is 11.1. The molecule has 0 saturated heterocycles. The fourth-order valence-electron chi connectivity index (χ4n) is 1.52. The molecule has 2 rings (SSSR count). The van der Waals surface area contributed by atoms with Crippen LogP contribution in [-0.2, 0) is 10.0 Å². The molecule has 0 spiro atoms. The molecule has 0 fully saturated rings. The standard InChI is InChI=1S/C10H10ClNO2S2/c1-6-8-5-7(11)3-4-9(8)15-10(6)16(13,14)12-2/h3-5,12H,1-2H3. The highest BCUT2D eigenvalue weighted by atomic mass is 35.5. The zero-order valence-electron chi connectivity index (χ0n) is 8.74. The van der Waals surface area contributed by atoms with Crippen molar-refractivity contribution in [2.75, 3.05) is 7.05 Å².